The van der Waals surface area contributed by atoms with E-state index in [0.717, 1.165) is 17.1 Å². The Kier molecular flexibility index (Phi) is 2.26. The third-order valence-corrected chi connectivity index (χ3v) is 3.62. The maximum atomic E-state index is 4.61. The van der Waals surface area contributed by atoms with Crippen LogP contribution < -0.4 is 0 Å². The van der Waals surface area contributed by atoms with Gasteiger partial charge in [-0.05, 0) is 12.5 Å². The number of rotatable bonds is 2. The van der Waals surface area contributed by atoms with Gasteiger partial charge in [0.05, 0.1) is 5.69 Å². The van der Waals surface area contributed by atoms with Gasteiger partial charge in [0.15, 0.2) is 4.96 Å². The lowest BCUT2D eigenvalue weighted by Gasteiger charge is -1.95. The van der Waals surface area contributed by atoms with Crippen LogP contribution in [0.2, 0.25) is 0 Å². The highest BCUT2D eigenvalue weighted by Crippen LogP contribution is 2.17. The predicted octanol–water partition coefficient (Wildman–Crippen LogP) is 3.30. The van der Waals surface area contributed by atoms with Gasteiger partial charge in [0, 0.05) is 23.7 Å². The van der Waals surface area contributed by atoms with Crippen molar-refractivity contribution in [3.63, 3.8) is 0 Å². The van der Waals surface area contributed by atoms with Crippen LogP contribution >= 0.6 is 11.3 Å². The van der Waals surface area contributed by atoms with E-state index < -0.39 is 0 Å². The Bertz CT molecular complexity index is 607. The summed E-state index contributed by atoms with van der Waals surface area (Å²) in [5, 5.41) is 2.13. The Morgan fingerprint density at radius 1 is 1.25 bits per heavy atom. The van der Waals surface area contributed by atoms with Crippen molar-refractivity contribution in [2.24, 2.45) is 0 Å². The minimum Gasteiger partial charge on any atom is -0.295 e. The molecule has 0 spiro atoms. The Balaban J connectivity index is 1.95. The molecule has 2 aromatic heterocycles. The van der Waals surface area contributed by atoms with Crippen molar-refractivity contribution in [1.29, 1.82) is 0 Å². The van der Waals surface area contributed by atoms with Gasteiger partial charge in [-0.25, -0.2) is 4.98 Å². The fourth-order valence-electron chi connectivity index (χ4n) is 1.83. The first-order valence-corrected chi connectivity index (χ1v) is 6.17. The molecule has 0 aliphatic rings. The van der Waals surface area contributed by atoms with Gasteiger partial charge in [0.25, 0.3) is 0 Å². The summed E-state index contributed by atoms with van der Waals surface area (Å²) in [7, 11) is 0. The SMILES string of the molecule is Cc1csc2nc(Cc3ccccc3)cn12. The zero-order valence-corrected chi connectivity index (χ0v) is 9.87. The Hall–Kier alpha value is -1.61. The van der Waals surface area contributed by atoms with Crippen LogP contribution in [0.4, 0.5) is 0 Å². The highest BCUT2D eigenvalue weighted by molar-refractivity contribution is 7.15. The molecule has 0 unspecified atom stereocenters. The number of aryl methyl sites for hydroxylation is 1. The molecule has 0 saturated carbocycles. The Labute approximate surface area is 98.2 Å². The largest absolute Gasteiger partial charge is 0.295 e. The van der Waals surface area contributed by atoms with Crippen LogP contribution in [0.5, 0.6) is 0 Å². The van der Waals surface area contributed by atoms with Gasteiger partial charge in [0.2, 0.25) is 0 Å². The lowest BCUT2D eigenvalue weighted by Crippen LogP contribution is -1.87. The first-order chi connectivity index (χ1) is 7.83. The second-order valence-electron chi connectivity index (χ2n) is 3.92. The van der Waals surface area contributed by atoms with Crippen molar-refractivity contribution in [2.75, 3.05) is 0 Å². The third kappa shape index (κ3) is 1.63. The van der Waals surface area contributed by atoms with Crippen LogP contribution in [0.1, 0.15) is 17.0 Å². The average Bonchev–Trinajstić information content (AvgIpc) is 2.83. The summed E-state index contributed by atoms with van der Waals surface area (Å²) in [5.74, 6) is 0. The zero-order valence-electron chi connectivity index (χ0n) is 9.05. The molecule has 3 aromatic rings. The normalized spacial score (nSPS) is 11.1. The molecule has 0 bridgehead atoms. The van der Waals surface area contributed by atoms with E-state index in [0.29, 0.717) is 0 Å². The Morgan fingerprint density at radius 2 is 2.06 bits per heavy atom. The maximum absolute atomic E-state index is 4.61. The number of nitrogens with zero attached hydrogens (tertiary/aromatic N) is 2. The Morgan fingerprint density at radius 3 is 2.81 bits per heavy atom. The van der Waals surface area contributed by atoms with E-state index in [1.54, 1.807) is 11.3 Å². The monoisotopic (exact) mass is 228 g/mol. The van der Waals surface area contributed by atoms with Gasteiger partial charge in [-0.15, -0.1) is 11.3 Å². The van der Waals surface area contributed by atoms with E-state index >= 15 is 0 Å². The van der Waals surface area contributed by atoms with Gasteiger partial charge in [-0.2, -0.15) is 0 Å². The van der Waals surface area contributed by atoms with Gasteiger partial charge < -0.3 is 0 Å². The predicted molar refractivity (Wildman–Crippen MR) is 67.1 cm³/mol. The summed E-state index contributed by atoms with van der Waals surface area (Å²) in [4.78, 5) is 5.70. The quantitative estimate of drug-likeness (QED) is 0.658. The van der Waals surface area contributed by atoms with E-state index in [9.17, 15) is 0 Å². The molecule has 3 rings (SSSR count). The molecule has 2 heterocycles. The maximum Gasteiger partial charge on any atom is 0.194 e. The average molecular weight is 228 g/mol. The highest BCUT2D eigenvalue weighted by atomic mass is 32.1. The number of imidazole rings is 1. The summed E-state index contributed by atoms with van der Waals surface area (Å²) >= 11 is 1.70. The van der Waals surface area contributed by atoms with Crippen molar-refractivity contribution in [3.05, 3.63) is 58.9 Å². The van der Waals surface area contributed by atoms with E-state index in [4.69, 9.17) is 0 Å². The summed E-state index contributed by atoms with van der Waals surface area (Å²) in [5.41, 5.74) is 3.71. The van der Waals surface area contributed by atoms with Gasteiger partial charge >= 0.3 is 0 Å². The lowest BCUT2D eigenvalue weighted by atomic mass is 10.1. The number of fused-ring (bicyclic) bond motifs is 1. The molecular weight excluding hydrogens is 216 g/mol. The molecule has 0 saturated heterocycles. The van der Waals surface area contributed by atoms with E-state index in [1.807, 2.05) is 6.07 Å². The van der Waals surface area contributed by atoms with Crippen molar-refractivity contribution in [3.8, 4) is 0 Å². The summed E-state index contributed by atoms with van der Waals surface area (Å²) in [6.45, 7) is 2.11. The second kappa shape index (κ2) is 3.76. The summed E-state index contributed by atoms with van der Waals surface area (Å²) < 4.78 is 2.16. The molecule has 0 fully saturated rings. The summed E-state index contributed by atoms with van der Waals surface area (Å²) in [6, 6.07) is 10.5. The van der Waals surface area contributed by atoms with E-state index in [-0.39, 0.29) is 0 Å². The number of hydrogen-bond acceptors (Lipinski definition) is 2. The fraction of sp³-hybridized carbons (Fsp3) is 0.154. The topological polar surface area (TPSA) is 17.3 Å². The van der Waals surface area contributed by atoms with Crippen LogP contribution in [0.25, 0.3) is 4.96 Å². The molecule has 0 aliphatic carbocycles. The molecule has 0 atom stereocenters. The molecule has 0 aliphatic heterocycles. The minimum atomic E-state index is 0.911. The van der Waals surface area contributed by atoms with E-state index in [1.165, 1.54) is 11.3 Å². The molecular formula is C13H12N2S. The van der Waals surface area contributed by atoms with Crippen LogP contribution in [-0.4, -0.2) is 9.38 Å². The first kappa shape index (κ1) is 9.60. The van der Waals surface area contributed by atoms with E-state index in [2.05, 4.69) is 52.2 Å². The minimum absolute atomic E-state index is 0.911. The zero-order chi connectivity index (χ0) is 11.0. The molecule has 1 aromatic carbocycles. The van der Waals surface area contributed by atoms with Crippen molar-refractivity contribution in [1.82, 2.24) is 9.38 Å². The molecule has 3 heteroatoms. The number of thiazole rings is 1. The van der Waals surface area contributed by atoms with Gasteiger partial charge in [0.1, 0.15) is 0 Å². The first-order valence-electron chi connectivity index (χ1n) is 5.29. The smallest absolute Gasteiger partial charge is 0.194 e. The highest BCUT2D eigenvalue weighted by Gasteiger charge is 2.05. The lowest BCUT2D eigenvalue weighted by molar-refractivity contribution is 1.09. The van der Waals surface area contributed by atoms with Gasteiger partial charge in [-0.1, -0.05) is 30.3 Å². The number of hydrogen-bond donors (Lipinski definition) is 0. The molecule has 0 N–H and O–H groups in total. The van der Waals surface area contributed by atoms with Crippen LogP contribution in [0, 0.1) is 6.92 Å². The number of benzene rings is 1. The fourth-order valence-corrected chi connectivity index (χ4v) is 2.70. The van der Waals surface area contributed by atoms with Crippen LogP contribution in [0.15, 0.2) is 41.9 Å². The summed E-state index contributed by atoms with van der Waals surface area (Å²) in [6.07, 6.45) is 3.04. The van der Waals surface area contributed by atoms with Crippen molar-refractivity contribution >= 4 is 16.3 Å². The molecule has 0 amide bonds. The molecule has 0 radical (unpaired) electrons. The van der Waals surface area contributed by atoms with Crippen LogP contribution in [-0.2, 0) is 6.42 Å². The molecule has 16 heavy (non-hydrogen) atoms. The number of aromatic nitrogens is 2. The third-order valence-electron chi connectivity index (χ3n) is 2.67. The van der Waals surface area contributed by atoms with Crippen molar-refractivity contribution < 1.29 is 0 Å². The van der Waals surface area contributed by atoms with Crippen LogP contribution in [0.3, 0.4) is 0 Å². The molecule has 2 nitrogen and oxygen atoms in total. The second-order valence-corrected chi connectivity index (χ2v) is 4.76. The molecule has 80 valence electrons. The van der Waals surface area contributed by atoms with Gasteiger partial charge in [-0.3, -0.25) is 4.40 Å². The van der Waals surface area contributed by atoms with Crippen molar-refractivity contribution in [2.45, 2.75) is 13.3 Å². The standard InChI is InChI=1S/C13H12N2S/c1-10-9-16-13-14-12(8-15(10)13)7-11-5-3-2-4-6-11/h2-6,8-9H,7H2,1H3.